The lowest BCUT2D eigenvalue weighted by molar-refractivity contribution is 0.0963. The predicted octanol–water partition coefficient (Wildman–Crippen LogP) is 1.38. The maximum absolute atomic E-state index is 11.7. The highest BCUT2D eigenvalue weighted by Crippen LogP contribution is 2.24. The minimum Gasteiger partial charge on any atom is -0.409 e. The van der Waals surface area contributed by atoms with Crippen molar-refractivity contribution in [3.63, 3.8) is 0 Å². The molecule has 4 N–H and O–H groups in total. The molecule has 0 aliphatic rings. The predicted molar refractivity (Wildman–Crippen MR) is 67.6 cm³/mol. The average molecular weight is 249 g/mol. The van der Waals surface area contributed by atoms with Crippen molar-refractivity contribution < 1.29 is 10.0 Å². The van der Waals surface area contributed by atoms with Crippen LogP contribution in [0.25, 0.3) is 10.1 Å². The fourth-order valence-electron chi connectivity index (χ4n) is 1.39. The zero-order valence-electron chi connectivity index (χ0n) is 8.88. The van der Waals surface area contributed by atoms with E-state index in [4.69, 9.17) is 10.9 Å². The first-order chi connectivity index (χ1) is 8.20. The van der Waals surface area contributed by atoms with Gasteiger partial charge in [0.25, 0.3) is 5.91 Å². The molecular formula is C11H11N3O2S. The first-order valence-electron chi connectivity index (χ1n) is 4.94. The van der Waals surface area contributed by atoms with Crippen molar-refractivity contribution in [1.82, 2.24) is 5.32 Å². The number of hydrogen-bond acceptors (Lipinski definition) is 4. The van der Waals surface area contributed by atoms with Crippen LogP contribution in [0, 0.1) is 0 Å². The van der Waals surface area contributed by atoms with Crippen LogP contribution in [-0.2, 0) is 0 Å². The van der Waals surface area contributed by atoms with Gasteiger partial charge in [-0.25, -0.2) is 0 Å². The second kappa shape index (κ2) is 4.84. The Morgan fingerprint density at radius 2 is 2.24 bits per heavy atom. The van der Waals surface area contributed by atoms with E-state index in [0.29, 0.717) is 4.88 Å². The Bertz CT molecular complexity index is 544. The Morgan fingerprint density at radius 3 is 2.94 bits per heavy atom. The Kier molecular flexibility index (Phi) is 3.24. The summed E-state index contributed by atoms with van der Waals surface area (Å²) >= 11 is 1.41. The number of nitrogens with two attached hydrogens (primary N) is 1. The molecule has 17 heavy (non-hydrogen) atoms. The van der Waals surface area contributed by atoms with E-state index in [1.807, 2.05) is 30.3 Å². The van der Waals surface area contributed by atoms with Crippen LogP contribution in [0.5, 0.6) is 0 Å². The first-order valence-corrected chi connectivity index (χ1v) is 5.75. The van der Waals surface area contributed by atoms with Crippen molar-refractivity contribution in [2.24, 2.45) is 10.9 Å². The summed E-state index contributed by atoms with van der Waals surface area (Å²) in [5.41, 5.74) is 5.26. The smallest absolute Gasteiger partial charge is 0.261 e. The number of amidine groups is 1. The summed E-state index contributed by atoms with van der Waals surface area (Å²) in [5.74, 6) is -0.253. The van der Waals surface area contributed by atoms with Gasteiger partial charge in [0.1, 0.15) is 0 Å². The van der Waals surface area contributed by atoms with E-state index in [1.165, 1.54) is 11.3 Å². The van der Waals surface area contributed by atoms with Crippen molar-refractivity contribution in [3.05, 3.63) is 35.2 Å². The van der Waals surface area contributed by atoms with Crippen LogP contribution in [0.4, 0.5) is 0 Å². The maximum atomic E-state index is 11.7. The SMILES string of the molecule is N/C(CNC(=O)c1cc2ccccc2s1)=N\O. The van der Waals surface area contributed by atoms with Gasteiger partial charge in [-0.2, -0.15) is 0 Å². The molecule has 0 atom stereocenters. The van der Waals surface area contributed by atoms with Crippen molar-refractivity contribution in [3.8, 4) is 0 Å². The number of carbonyl (C=O) groups is 1. The first kappa shape index (κ1) is 11.4. The Balaban J connectivity index is 2.14. The number of nitrogens with zero attached hydrogens (tertiary/aromatic N) is 1. The number of nitrogens with one attached hydrogen (secondary N) is 1. The molecule has 1 heterocycles. The van der Waals surface area contributed by atoms with E-state index in [2.05, 4.69) is 10.5 Å². The second-order valence-corrected chi connectivity index (χ2v) is 4.51. The number of amides is 1. The fraction of sp³-hybridized carbons (Fsp3) is 0.0909. The maximum Gasteiger partial charge on any atom is 0.261 e. The quantitative estimate of drug-likeness (QED) is 0.332. The molecular weight excluding hydrogens is 238 g/mol. The van der Waals surface area contributed by atoms with E-state index in [0.717, 1.165) is 10.1 Å². The van der Waals surface area contributed by atoms with Gasteiger partial charge in [0.05, 0.1) is 11.4 Å². The lowest BCUT2D eigenvalue weighted by Gasteiger charge is -2.00. The zero-order chi connectivity index (χ0) is 12.3. The Hall–Kier alpha value is -2.08. The van der Waals surface area contributed by atoms with Gasteiger partial charge in [-0.05, 0) is 17.5 Å². The third kappa shape index (κ3) is 2.54. The molecule has 1 aromatic carbocycles. The lowest BCUT2D eigenvalue weighted by atomic mass is 10.2. The summed E-state index contributed by atoms with van der Waals surface area (Å²) in [4.78, 5) is 12.4. The highest BCUT2D eigenvalue weighted by Gasteiger charge is 2.09. The van der Waals surface area contributed by atoms with E-state index >= 15 is 0 Å². The molecule has 0 aliphatic carbocycles. The number of thiophene rings is 1. The topological polar surface area (TPSA) is 87.7 Å². The van der Waals surface area contributed by atoms with Crippen molar-refractivity contribution >= 4 is 33.2 Å². The van der Waals surface area contributed by atoms with Crippen LogP contribution < -0.4 is 11.1 Å². The van der Waals surface area contributed by atoms with Crippen LogP contribution in [0.3, 0.4) is 0 Å². The van der Waals surface area contributed by atoms with Gasteiger partial charge in [-0.15, -0.1) is 11.3 Å². The Morgan fingerprint density at radius 1 is 1.47 bits per heavy atom. The highest BCUT2D eigenvalue weighted by atomic mass is 32.1. The van der Waals surface area contributed by atoms with Gasteiger partial charge < -0.3 is 16.3 Å². The minimum absolute atomic E-state index is 0.0283. The third-order valence-electron chi connectivity index (χ3n) is 2.21. The van der Waals surface area contributed by atoms with Crippen LogP contribution in [0.2, 0.25) is 0 Å². The third-order valence-corrected chi connectivity index (χ3v) is 3.32. The molecule has 2 aromatic rings. The lowest BCUT2D eigenvalue weighted by Crippen LogP contribution is -2.33. The largest absolute Gasteiger partial charge is 0.409 e. The molecule has 0 saturated carbocycles. The number of fused-ring (bicyclic) bond motifs is 1. The van der Waals surface area contributed by atoms with Gasteiger partial charge in [-0.1, -0.05) is 23.4 Å². The molecule has 1 aromatic heterocycles. The van der Waals surface area contributed by atoms with Crippen LogP contribution in [0.15, 0.2) is 35.5 Å². The molecule has 6 heteroatoms. The standard InChI is InChI=1S/C11H11N3O2S/c12-10(14-16)6-13-11(15)9-5-7-3-1-2-4-8(7)17-9/h1-5,16H,6H2,(H2,12,14)(H,13,15). The molecule has 0 bridgehead atoms. The summed E-state index contributed by atoms with van der Waals surface area (Å²) in [6.07, 6.45) is 0. The fourth-order valence-corrected chi connectivity index (χ4v) is 2.37. The zero-order valence-corrected chi connectivity index (χ0v) is 9.70. The van der Waals surface area contributed by atoms with Gasteiger partial charge in [0.2, 0.25) is 0 Å². The minimum atomic E-state index is -0.224. The summed E-state index contributed by atoms with van der Waals surface area (Å²) in [5, 5.41) is 14.7. The molecule has 0 aliphatic heterocycles. The summed E-state index contributed by atoms with van der Waals surface area (Å²) in [7, 11) is 0. The van der Waals surface area contributed by atoms with Crippen LogP contribution in [-0.4, -0.2) is 23.5 Å². The van der Waals surface area contributed by atoms with E-state index in [9.17, 15) is 4.79 Å². The van der Waals surface area contributed by atoms with Crippen molar-refractivity contribution in [2.45, 2.75) is 0 Å². The molecule has 0 fully saturated rings. The summed E-state index contributed by atoms with van der Waals surface area (Å²) < 4.78 is 1.06. The van der Waals surface area contributed by atoms with E-state index < -0.39 is 0 Å². The number of benzene rings is 1. The van der Waals surface area contributed by atoms with Gasteiger partial charge in [-0.3, -0.25) is 4.79 Å². The van der Waals surface area contributed by atoms with Crippen molar-refractivity contribution in [2.75, 3.05) is 6.54 Å². The molecule has 0 spiro atoms. The second-order valence-electron chi connectivity index (χ2n) is 3.42. The summed E-state index contributed by atoms with van der Waals surface area (Å²) in [6.45, 7) is 0.0313. The number of oxime groups is 1. The molecule has 88 valence electrons. The van der Waals surface area contributed by atoms with Crippen LogP contribution >= 0.6 is 11.3 Å². The Labute approximate surface area is 102 Å². The molecule has 0 saturated heterocycles. The number of carbonyl (C=O) groups excluding carboxylic acids is 1. The highest BCUT2D eigenvalue weighted by molar-refractivity contribution is 7.20. The monoisotopic (exact) mass is 249 g/mol. The molecule has 5 nitrogen and oxygen atoms in total. The summed E-state index contributed by atoms with van der Waals surface area (Å²) in [6, 6.07) is 9.58. The average Bonchev–Trinajstić information content (AvgIpc) is 2.79. The molecule has 2 rings (SSSR count). The van der Waals surface area contributed by atoms with Crippen molar-refractivity contribution in [1.29, 1.82) is 0 Å². The molecule has 0 unspecified atom stereocenters. The van der Waals surface area contributed by atoms with E-state index in [1.54, 1.807) is 0 Å². The van der Waals surface area contributed by atoms with Gasteiger partial charge in [0, 0.05) is 4.70 Å². The normalized spacial score (nSPS) is 11.6. The molecule has 0 radical (unpaired) electrons. The van der Waals surface area contributed by atoms with Gasteiger partial charge in [0.15, 0.2) is 5.84 Å². The van der Waals surface area contributed by atoms with E-state index in [-0.39, 0.29) is 18.3 Å². The van der Waals surface area contributed by atoms with Crippen LogP contribution in [0.1, 0.15) is 9.67 Å². The molecule has 1 amide bonds. The number of rotatable bonds is 3. The van der Waals surface area contributed by atoms with Gasteiger partial charge >= 0.3 is 0 Å². The number of hydrogen-bond donors (Lipinski definition) is 3.